The minimum absolute atomic E-state index is 0.165. The second-order valence-corrected chi connectivity index (χ2v) is 6.29. The molecule has 1 aliphatic rings. The van der Waals surface area contributed by atoms with Gasteiger partial charge in [0.2, 0.25) is 5.91 Å². The van der Waals surface area contributed by atoms with E-state index in [-0.39, 0.29) is 11.8 Å². The van der Waals surface area contributed by atoms with Gasteiger partial charge in [-0.05, 0) is 24.3 Å². The zero-order chi connectivity index (χ0) is 13.7. The van der Waals surface area contributed by atoms with E-state index in [0.29, 0.717) is 23.9 Å². The Hall–Kier alpha value is -0.870. The van der Waals surface area contributed by atoms with Crippen LogP contribution in [-0.4, -0.2) is 31.0 Å². The topological polar surface area (TPSA) is 38.3 Å². The van der Waals surface area contributed by atoms with Crippen molar-refractivity contribution in [2.24, 2.45) is 5.92 Å². The lowest BCUT2D eigenvalue weighted by molar-refractivity contribution is -0.122. The molecule has 3 unspecified atom stereocenters. The highest BCUT2D eigenvalue weighted by Crippen LogP contribution is 2.47. The van der Waals surface area contributed by atoms with Gasteiger partial charge in [-0.2, -0.15) is 0 Å². The van der Waals surface area contributed by atoms with Gasteiger partial charge in [-0.15, -0.1) is 0 Å². The Morgan fingerprint density at radius 1 is 1.47 bits per heavy atom. The number of hydrogen-bond acceptors (Lipinski definition) is 2. The molecule has 104 valence electrons. The highest BCUT2D eigenvalue weighted by molar-refractivity contribution is 9.09. The number of amides is 1. The van der Waals surface area contributed by atoms with Crippen LogP contribution in [0.3, 0.4) is 0 Å². The van der Waals surface area contributed by atoms with Crippen molar-refractivity contribution in [2.75, 3.05) is 20.3 Å². The number of carbonyl (C=O) groups excluding carboxylic acids is 1. The van der Waals surface area contributed by atoms with Crippen LogP contribution in [0, 0.1) is 5.92 Å². The van der Waals surface area contributed by atoms with Crippen LogP contribution in [0.2, 0.25) is 0 Å². The fourth-order valence-electron chi connectivity index (χ4n) is 2.30. The summed E-state index contributed by atoms with van der Waals surface area (Å²) in [6.07, 6.45) is 1.87. The molecule has 0 radical (unpaired) electrons. The smallest absolute Gasteiger partial charge is 0.223 e. The molecule has 1 amide bonds. The Morgan fingerprint density at radius 3 is 2.89 bits per heavy atom. The van der Waals surface area contributed by atoms with Crippen LogP contribution in [0.25, 0.3) is 0 Å². The number of ether oxygens (including phenoxy) is 1. The van der Waals surface area contributed by atoms with Crippen molar-refractivity contribution in [1.82, 2.24) is 5.32 Å². The van der Waals surface area contributed by atoms with Crippen LogP contribution in [0.4, 0.5) is 0 Å². The van der Waals surface area contributed by atoms with Gasteiger partial charge in [0.15, 0.2) is 0 Å². The number of nitrogens with one attached hydrogen (secondary N) is 1. The van der Waals surface area contributed by atoms with Gasteiger partial charge in [0, 0.05) is 24.4 Å². The molecule has 0 heterocycles. The first-order valence-electron chi connectivity index (χ1n) is 6.68. The summed E-state index contributed by atoms with van der Waals surface area (Å²) in [5.74, 6) is 0.768. The lowest BCUT2D eigenvalue weighted by atomic mass is 10.1. The van der Waals surface area contributed by atoms with Gasteiger partial charge >= 0.3 is 0 Å². The molecule has 0 saturated heterocycles. The van der Waals surface area contributed by atoms with E-state index < -0.39 is 0 Å². The van der Waals surface area contributed by atoms with Crippen molar-refractivity contribution >= 4 is 21.8 Å². The maximum absolute atomic E-state index is 12.0. The number of halogens is 1. The summed E-state index contributed by atoms with van der Waals surface area (Å²) >= 11 is 3.51. The molecule has 0 bridgehead atoms. The number of alkyl halides is 1. The number of rotatable bonds is 7. The molecule has 0 aliphatic heterocycles. The number of methoxy groups -OCH3 is 1. The van der Waals surface area contributed by atoms with Crippen molar-refractivity contribution < 1.29 is 9.53 Å². The van der Waals surface area contributed by atoms with Crippen molar-refractivity contribution in [1.29, 1.82) is 0 Å². The standard InChI is InChI=1S/C15H20BrNO2/c1-19-10-12(16)7-8-17-15(18)14-9-13(14)11-5-3-2-4-6-11/h2-6,12-14H,7-10H2,1H3,(H,17,18). The first-order valence-corrected chi connectivity index (χ1v) is 7.59. The molecule has 0 spiro atoms. The summed E-state index contributed by atoms with van der Waals surface area (Å²) < 4.78 is 5.04. The van der Waals surface area contributed by atoms with Gasteiger partial charge in [0.25, 0.3) is 0 Å². The minimum Gasteiger partial charge on any atom is -0.384 e. The summed E-state index contributed by atoms with van der Waals surface area (Å²) in [6, 6.07) is 10.3. The number of benzene rings is 1. The summed E-state index contributed by atoms with van der Waals surface area (Å²) in [6.45, 7) is 1.38. The largest absolute Gasteiger partial charge is 0.384 e. The molecule has 1 aromatic carbocycles. The van der Waals surface area contributed by atoms with Crippen molar-refractivity contribution in [3.8, 4) is 0 Å². The monoisotopic (exact) mass is 325 g/mol. The average molecular weight is 326 g/mol. The maximum Gasteiger partial charge on any atom is 0.223 e. The van der Waals surface area contributed by atoms with E-state index in [1.54, 1.807) is 7.11 Å². The normalized spacial score (nSPS) is 22.8. The van der Waals surface area contributed by atoms with Crippen LogP contribution in [-0.2, 0) is 9.53 Å². The van der Waals surface area contributed by atoms with Crippen LogP contribution in [0.1, 0.15) is 24.3 Å². The predicted molar refractivity (Wildman–Crippen MR) is 79.5 cm³/mol. The van der Waals surface area contributed by atoms with Crippen LogP contribution >= 0.6 is 15.9 Å². The molecule has 0 aromatic heterocycles. The van der Waals surface area contributed by atoms with E-state index >= 15 is 0 Å². The van der Waals surface area contributed by atoms with Gasteiger partial charge in [-0.3, -0.25) is 4.79 Å². The van der Waals surface area contributed by atoms with Gasteiger partial charge < -0.3 is 10.1 Å². The lowest BCUT2D eigenvalue weighted by Crippen LogP contribution is -2.28. The molecule has 1 saturated carbocycles. The Bertz CT molecular complexity index is 410. The van der Waals surface area contributed by atoms with Crippen molar-refractivity contribution in [3.63, 3.8) is 0 Å². The molecule has 2 rings (SSSR count). The molecular weight excluding hydrogens is 306 g/mol. The summed E-state index contributed by atoms with van der Waals surface area (Å²) in [4.78, 5) is 12.3. The second-order valence-electron chi connectivity index (χ2n) is 4.99. The maximum atomic E-state index is 12.0. The molecule has 4 heteroatoms. The summed E-state index contributed by atoms with van der Waals surface area (Å²) in [7, 11) is 1.68. The fraction of sp³-hybridized carbons (Fsp3) is 0.533. The highest BCUT2D eigenvalue weighted by atomic mass is 79.9. The van der Waals surface area contributed by atoms with Crippen LogP contribution in [0.5, 0.6) is 0 Å². The predicted octanol–water partition coefficient (Wildman–Crippen LogP) is 2.71. The van der Waals surface area contributed by atoms with Gasteiger partial charge in [-0.1, -0.05) is 46.3 Å². The average Bonchev–Trinajstić information content (AvgIpc) is 3.20. The van der Waals surface area contributed by atoms with Gasteiger partial charge in [0.05, 0.1) is 6.61 Å². The summed E-state index contributed by atoms with van der Waals surface area (Å²) in [5.41, 5.74) is 1.28. The molecule has 19 heavy (non-hydrogen) atoms. The highest BCUT2D eigenvalue weighted by Gasteiger charge is 2.43. The third-order valence-corrected chi connectivity index (χ3v) is 4.18. The molecule has 1 fully saturated rings. The van der Waals surface area contributed by atoms with E-state index in [4.69, 9.17) is 4.74 Å². The SMILES string of the molecule is COCC(Br)CCNC(=O)C1CC1c1ccccc1. The summed E-state index contributed by atoms with van der Waals surface area (Å²) in [5, 5.41) is 3.01. The molecule has 1 aromatic rings. The van der Waals surface area contributed by atoms with E-state index in [2.05, 4.69) is 33.4 Å². The zero-order valence-electron chi connectivity index (χ0n) is 11.1. The lowest BCUT2D eigenvalue weighted by Gasteiger charge is -2.09. The first kappa shape index (κ1) is 14.5. The first-order chi connectivity index (χ1) is 9.22. The molecular formula is C15H20BrNO2. The Kier molecular flexibility index (Phi) is 5.40. The van der Waals surface area contributed by atoms with E-state index in [1.165, 1.54) is 5.56 Å². The minimum atomic E-state index is 0.165. The third-order valence-electron chi connectivity index (χ3n) is 3.46. The van der Waals surface area contributed by atoms with Crippen LogP contribution < -0.4 is 5.32 Å². The van der Waals surface area contributed by atoms with E-state index in [0.717, 1.165) is 12.8 Å². The van der Waals surface area contributed by atoms with Gasteiger partial charge in [-0.25, -0.2) is 0 Å². The molecule has 3 nitrogen and oxygen atoms in total. The fourth-order valence-corrected chi connectivity index (χ4v) is 2.79. The van der Waals surface area contributed by atoms with Crippen LogP contribution in [0.15, 0.2) is 30.3 Å². The quantitative estimate of drug-likeness (QED) is 0.783. The number of carbonyl (C=O) groups is 1. The van der Waals surface area contributed by atoms with E-state index in [1.807, 2.05) is 18.2 Å². The van der Waals surface area contributed by atoms with Crippen molar-refractivity contribution in [2.45, 2.75) is 23.6 Å². The number of hydrogen-bond donors (Lipinski definition) is 1. The van der Waals surface area contributed by atoms with E-state index in [9.17, 15) is 4.79 Å². The molecule has 1 N–H and O–H groups in total. The molecule has 3 atom stereocenters. The Morgan fingerprint density at radius 2 is 2.21 bits per heavy atom. The van der Waals surface area contributed by atoms with Gasteiger partial charge in [0.1, 0.15) is 0 Å². The third kappa shape index (κ3) is 4.32. The zero-order valence-corrected chi connectivity index (χ0v) is 12.7. The van der Waals surface area contributed by atoms with Crippen molar-refractivity contribution in [3.05, 3.63) is 35.9 Å². The molecule has 1 aliphatic carbocycles. The Balaban J connectivity index is 1.69. The Labute approximate surface area is 122 Å². The second kappa shape index (κ2) is 7.06.